The van der Waals surface area contributed by atoms with Crippen LogP contribution in [0.15, 0.2) is 29.2 Å². The van der Waals surface area contributed by atoms with Crippen molar-refractivity contribution in [3.63, 3.8) is 0 Å². The fraction of sp³-hybridized carbons (Fsp3) is 0.556. The molecule has 0 aromatic heterocycles. The lowest BCUT2D eigenvalue weighted by Gasteiger charge is -2.29. The smallest absolute Gasteiger partial charge is 0.338 e. The molecule has 1 aromatic carbocycles. The van der Waals surface area contributed by atoms with E-state index in [4.69, 9.17) is 4.74 Å². The number of esters is 1. The number of nitrogens with zero attached hydrogens (tertiary/aromatic N) is 1. The Morgan fingerprint density at radius 3 is 2.35 bits per heavy atom. The lowest BCUT2D eigenvalue weighted by molar-refractivity contribution is -0.125. The maximum atomic E-state index is 12.0. The Morgan fingerprint density at radius 1 is 1.15 bits per heavy atom. The Labute approximate surface area is 154 Å². The molecule has 1 aromatic rings. The van der Waals surface area contributed by atoms with Crippen molar-refractivity contribution in [2.45, 2.75) is 43.5 Å². The number of sulfonamides is 1. The van der Waals surface area contributed by atoms with E-state index in [0.717, 1.165) is 23.6 Å². The summed E-state index contributed by atoms with van der Waals surface area (Å²) in [5.41, 5.74) is 0.196. The minimum Gasteiger partial charge on any atom is -0.452 e. The van der Waals surface area contributed by atoms with Gasteiger partial charge in [0.15, 0.2) is 6.61 Å². The van der Waals surface area contributed by atoms with E-state index < -0.39 is 16.0 Å². The van der Waals surface area contributed by atoms with Crippen LogP contribution in [0.5, 0.6) is 0 Å². The molecule has 144 valence electrons. The molecule has 0 heterocycles. The van der Waals surface area contributed by atoms with Crippen LogP contribution in [0, 0.1) is 5.92 Å². The summed E-state index contributed by atoms with van der Waals surface area (Å²) in [5.74, 6) is -0.552. The summed E-state index contributed by atoms with van der Waals surface area (Å²) in [6.07, 6.45) is 4.31. The van der Waals surface area contributed by atoms with E-state index in [1.54, 1.807) is 0 Å². The third kappa shape index (κ3) is 5.04. The van der Waals surface area contributed by atoms with Crippen molar-refractivity contribution in [2.24, 2.45) is 5.92 Å². The predicted octanol–water partition coefficient (Wildman–Crippen LogP) is 1.79. The molecule has 0 spiro atoms. The van der Waals surface area contributed by atoms with Gasteiger partial charge < -0.3 is 10.1 Å². The highest BCUT2D eigenvalue weighted by Gasteiger charge is 2.23. The summed E-state index contributed by atoms with van der Waals surface area (Å²) < 4.78 is 30.1. The average molecular weight is 382 g/mol. The molecule has 2 rings (SSSR count). The van der Waals surface area contributed by atoms with E-state index in [2.05, 4.69) is 12.2 Å². The molecule has 26 heavy (non-hydrogen) atoms. The molecule has 1 amide bonds. The standard InChI is InChI=1S/C18H26N2O5S/c1-13-6-4-5-7-16(13)19-17(21)12-25-18(22)14-8-10-15(11-9-14)26(23,24)20(2)3/h8-11,13,16H,4-7,12H2,1-3H3,(H,19,21)/t13-,16-/m0/s1. The van der Waals surface area contributed by atoms with Gasteiger partial charge in [-0.3, -0.25) is 4.79 Å². The molecule has 0 bridgehead atoms. The lowest BCUT2D eigenvalue weighted by atomic mass is 9.86. The minimum absolute atomic E-state index is 0.0862. The van der Waals surface area contributed by atoms with E-state index in [9.17, 15) is 18.0 Å². The molecule has 7 nitrogen and oxygen atoms in total. The van der Waals surface area contributed by atoms with Gasteiger partial charge in [0, 0.05) is 20.1 Å². The number of nitrogens with one attached hydrogen (secondary N) is 1. The SMILES string of the molecule is C[C@H]1CCCC[C@@H]1NC(=O)COC(=O)c1ccc(S(=O)(=O)N(C)C)cc1. The number of carbonyl (C=O) groups excluding carboxylic acids is 2. The summed E-state index contributed by atoms with van der Waals surface area (Å²) in [5, 5.41) is 2.92. The van der Waals surface area contributed by atoms with E-state index in [1.807, 2.05) is 0 Å². The summed E-state index contributed by atoms with van der Waals surface area (Å²) in [4.78, 5) is 24.1. The minimum atomic E-state index is -3.55. The first-order chi connectivity index (χ1) is 12.2. The molecule has 8 heteroatoms. The highest BCUT2D eigenvalue weighted by atomic mass is 32.2. The van der Waals surface area contributed by atoms with Gasteiger partial charge in [0.25, 0.3) is 5.91 Å². The van der Waals surface area contributed by atoms with Crippen molar-refractivity contribution in [1.82, 2.24) is 9.62 Å². The Hall–Kier alpha value is -1.93. The van der Waals surface area contributed by atoms with Gasteiger partial charge in [0.1, 0.15) is 0 Å². The monoisotopic (exact) mass is 382 g/mol. The van der Waals surface area contributed by atoms with Gasteiger partial charge in [-0.2, -0.15) is 0 Å². The van der Waals surface area contributed by atoms with E-state index >= 15 is 0 Å². The highest BCUT2D eigenvalue weighted by molar-refractivity contribution is 7.89. The maximum Gasteiger partial charge on any atom is 0.338 e. The highest BCUT2D eigenvalue weighted by Crippen LogP contribution is 2.23. The molecule has 0 saturated heterocycles. The van der Waals surface area contributed by atoms with Crippen LogP contribution in [0.2, 0.25) is 0 Å². The second-order valence-electron chi connectivity index (χ2n) is 6.82. The summed E-state index contributed by atoms with van der Waals surface area (Å²) >= 11 is 0. The van der Waals surface area contributed by atoms with Crippen molar-refractivity contribution in [3.8, 4) is 0 Å². The first-order valence-electron chi connectivity index (χ1n) is 8.71. The largest absolute Gasteiger partial charge is 0.452 e. The maximum absolute atomic E-state index is 12.0. The first kappa shape index (κ1) is 20.4. The zero-order chi connectivity index (χ0) is 19.3. The topological polar surface area (TPSA) is 92.8 Å². The Balaban J connectivity index is 1.88. The molecule has 1 N–H and O–H groups in total. The van der Waals surface area contributed by atoms with E-state index in [0.29, 0.717) is 5.92 Å². The van der Waals surface area contributed by atoms with E-state index in [-0.39, 0.29) is 29.0 Å². The van der Waals surface area contributed by atoms with Crippen LogP contribution in [0.4, 0.5) is 0 Å². The normalized spacial score (nSPS) is 20.6. The molecule has 0 radical (unpaired) electrons. The van der Waals surface area contributed by atoms with Gasteiger partial charge in [-0.25, -0.2) is 17.5 Å². The number of benzene rings is 1. The summed E-state index contributed by atoms with van der Waals surface area (Å²) in [6, 6.07) is 5.57. The lowest BCUT2D eigenvalue weighted by Crippen LogP contribution is -2.42. The number of hydrogen-bond acceptors (Lipinski definition) is 5. The van der Waals surface area contributed by atoms with Gasteiger partial charge in [0.05, 0.1) is 10.5 Å². The molecule has 1 aliphatic carbocycles. The van der Waals surface area contributed by atoms with Crippen LogP contribution in [-0.4, -0.2) is 51.3 Å². The van der Waals surface area contributed by atoms with Gasteiger partial charge in [-0.15, -0.1) is 0 Å². The summed E-state index contributed by atoms with van der Waals surface area (Å²) in [6.45, 7) is 1.76. The molecule has 1 aliphatic rings. The molecule has 2 atom stereocenters. The predicted molar refractivity (Wildman–Crippen MR) is 97.2 cm³/mol. The Morgan fingerprint density at radius 2 is 1.77 bits per heavy atom. The second kappa shape index (κ2) is 8.64. The molecule has 0 aliphatic heterocycles. The van der Waals surface area contributed by atoms with Crippen LogP contribution in [-0.2, 0) is 19.6 Å². The Bertz CT molecular complexity index is 743. The number of ether oxygens (including phenoxy) is 1. The van der Waals surface area contributed by atoms with Gasteiger partial charge in [0.2, 0.25) is 10.0 Å². The van der Waals surface area contributed by atoms with Crippen LogP contribution < -0.4 is 5.32 Å². The molecule has 1 saturated carbocycles. The van der Waals surface area contributed by atoms with Crippen LogP contribution in [0.3, 0.4) is 0 Å². The number of rotatable bonds is 6. The quantitative estimate of drug-likeness (QED) is 0.757. The van der Waals surface area contributed by atoms with Crippen LogP contribution in [0.25, 0.3) is 0 Å². The van der Waals surface area contributed by atoms with Crippen molar-refractivity contribution in [3.05, 3.63) is 29.8 Å². The second-order valence-corrected chi connectivity index (χ2v) is 8.98. The van der Waals surface area contributed by atoms with Crippen LogP contribution in [0.1, 0.15) is 43.0 Å². The average Bonchev–Trinajstić information content (AvgIpc) is 2.61. The van der Waals surface area contributed by atoms with Crippen molar-refractivity contribution >= 4 is 21.9 Å². The number of hydrogen-bond donors (Lipinski definition) is 1. The van der Waals surface area contributed by atoms with Crippen molar-refractivity contribution in [2.75, 3.05) is 20.7 Å². The zero-order valence-electron chi connectivity index (χ0n) is 15.4. The molecule has 1 fully saturated rings. The van der Waals surface area contributed by atoms with Gasteiger partial charge >= 0.3 is 5.97 Å². The molecule has 0 unspecified atom stereocenters. The van der Waals surface area contributed by atoms with E-state index in [1.165, 1.54) is 44.8 Å². The van der Waals surface area contributed by atoms with Gasteiger partial charge in [-0.05, 0) is 43.0 Å². The van der Waals surface area contributed by atoms with Gasteiger partial charge in [-0.1, -0.05) is 19.8 Å². The Kier molecular flexibility index (Phi) is 6.77. The molecular formula is C18H26N2O5S. The van der Waals surface area contributed by atoms with Crippen LogP contribution >= 0.6 is 0 Å². The zero-order valence-corrected chi connectivity index (χ0v) is 16.2. The van der Waals surface area contributed by atoms with Crippen molar-refractivity contribution in [1.29, 1.82) is 0 Å². The first-order valence-corrected chi connectivity index (χ1v) is 10.1. The fourth-order valence-corrected chi connectivity index (χ4v) is 3.87. The fourth-order valence-electron chi connectivity index (χ4n) is 2.97. The molecular weight excluding hydrogens is 356 g/mol. The third-order valence-corrected chi connectivity index (χ3v) is 6.49. The van der Waals surface area contributed by atoms with Crippen molar-refractivity contribution < 1.29 is 22.7 Å². The number of amides is 1. The summed E-state index contributed by atoms with van der Waals surface area (Å²) in [7, 11) is -0.682. The number of carbonyl (C=O) groups is 2. The third-order valence-electron chi connectivity index (χ3n) is 4.66.